The summed E-state index contributed by atoms with van der Waals surface area (Å²) in [6, 6.07) is 0.198. The third-order valence-electron chi connectivity index (χ3n) is 3.05. The number of hydrogen-bond acceptors (Lipinski definition) is 5. The van der Waals surface area contributed by atoms with Crippen molar-refractivity contribution in [2.45, 2.75) is 49.6 Å². The highest BCUT2D eigenvalue weighted by Crippen LogP contribution is 2.37. The highest BCUT2D eigenvalue weighted by atomic mass is 32.2. The van der Waals surface area contributed by atoms with Gasteiger partial charge in [0.25, 0.3) is 0 Å². The summed E-state index contributed by atoms with van der Waals surface area (Å²) in [6.45, 7) is 4.03. The summed E-state index contributed by atoms with van der Waals surface area (Å²) in [7, 11) is -1.28. The standard InChI is InChI=1S/C11H16N6OS/c1-7(2)17-9(12-6-13-17)5-19(18)11-14-10(15-16-11)8-3-4-8/h6-8H,3-5H2,1-2H3,(H,14,15,16). The number of aromatic nitrogens is 6. The summed E-state index contributed by atoms with van der Waals surface area (Å²) in [5, 5.41) is 11.4. The van der Waals surface area contributed by atoms with E-state index in [0.29, 0.717) is 22.7 Å². The van der Waals surface area contributed by atoms with Crippen molar-refractivity contribution in [2.24, 2.45) is 0 Å². The first-order valence-corrected chi connectivity index (χ1v) is 7.66. The van der Waals surface area contributed by atoms with Crippen molar-refractivity contribution in [1.82, 2.24) is 29.9 Å². The molecule has 0 bridgehead atoms. The fourth-order valence-electron chi connectivity index (χ4n) is 1.89. The van der Waals surface area contributed by atoms with Gasteiger partial charge in [0.1, 0.15) is 28.8 Å². The summed E-state index contributed by atoms with van der Waals surface area (Å²) in [6.07, 6.45) is 3.77. The van der Waals surface area contributed by atoms with Crippen LogP contribution in [0.4, 0.5) is 0 Å². The zero-order chi connectivity index (χ0) is 13.4. The van der Waals surface area contributed by atoms with Gasteiger partial charge in [0.05, 0.1) is 5.75 Å². The summed E-state index contributed by atoms with van der Waals surface area (Å²) in [4.78, 5) is 8.45. The Bertz CT molecular complexity index is 600. The second-order valence-corrected chi connectivity index (χ2v) is 6.33. The summed E-state index contributed by atoms with van der Waals surface area (Å²) >= 11 is 0. The van der Waals surface area contributed by atoms with Crippen LogP contribution in [0.1, 0.15) is 50.3 Å². The average molecular weight is 280 g/mol. The maximum Gasteiger partial charge on any atom is 0.239 e. The molecule has 1 saturated carbocycles. The van der Waals surface area contributed by atoms with Crippen LogP contribution >= 0.6 is 0 Å². The smallest absolute Gasteiger partial charge is 0.239 e. The van der Waals surface area contributed by atoms with Gasteiger partial charge in [-0.25, -0.2) is 14.6 Å². The van der Waals surface area contributed by atoms with Crippen molar-refractivity contribution >= 4 is 10.8 Å². The maximum atomic E-state index is 12.2. The molecule has 0 spiro atoms. The predicted octanol–water partition coefficient (Wildman–Crippen LogP) is 1.16. The fraction of sp³-hybridized carbons (Fsp3) is 0.636. The predicted molar refractivity (Wildman–Crippen MR) is 68.9 cm³/mol. The Hall–Kier alpha value is -1.57. The van der Waals surface area contributed by atoms with Crippen LogP contribution in [0.5, 0.6) is 0 Å². The Morgan fingerprint density at radius 1 is 1.53 bits per heavy atom. The molecule has 2 aromatic heterocycles. The van der Waals surface area contributed by atoms with E-state index >= 15 is 0 Å². The Morgan fingerprint density at radius 2 is 2.32 bits per heavy atom. The molecule has 7 nitrogen and oxygen atoms in total. The lowest BCUT2D eigenvalue weighted by molar-refractivity contribution is 0.513. The van der Waals surface area contributed by atoms with E-state index in [2.05, 4.69) is 25.3 Å². The van der Waals surface area contributed by atoms with E-state index in [0.717, 1.165) is 18.7 Å². The lowest BCUT2D eigenvalue weighted by atomic mass is 10.4. The van der Waals surface area contributed by atoms with Crippen LogP contribution in [0.3, 0.4) is 0 Å². The van der Waals surface area contributed by atoms with Gasteiger partial charge in [0.2, 0.25) is 5.16 Å². The minimum Gasteiger partial charge on any atom is -0.262 e. The van der Waals surface area contributed by atoms with E-state index in [9.17, 15) is 4.21 Å². The van der Waals surface area contributed by atoms with Crippen molar-refractivity contribution in [2.75, 3.05) is 0 Å². The zero-order valence-corrected chi connectivity index (χ0v) is 11.7. The first-order valence-electron chi connectivity index (χ1n) is 6.34. The van der Waals surface area contributed by atoms with Crippen LogP contribution in [0.25, 0.3) is 0 Å². The molecule has 0 amide bonds. The average Bonchev–Trinajstić information content (AvgIpc) is 2.92. The van der Waals surface area contributed by atoms with Gasteiger partial charge in [0, 0.05) is 12.0 Å². The minimum absolute atomic E-state index is 0.198. The van der Waals surface area contributed by atoms with E-state index in [1.165, 1.54) is 6.33 Å². The molecule has 0 aromatic carbocycles. The van der Waals surface area contributed by atoms with E-state index in [1.807, 2.05) is 13.8 Å². The molecule has 102 valence electrons. The van der Waals surface area contributed by atoms with Crippen LogP contribution in [0.2, 0.25) is 0 Å². The Kier molecular flexibility index (Phi) is 3.17. The molecule has 19 heavy (non-hydrogen) atoms. The van der Waals surface area contributed by atoms with Crippen molar-refractivity contribution in [1.29, 1.82) is 0 Å². The second kappa shape index (κ2) is 4.84. The van der Waals surface area contributed by atoms with Gasteiger partial charge in [-0.3, -0.25) is 9.31 Å². The molecule has 0 radical (unpaired) electrons. The van der Waals surface area contributed by atoms with Gasteiger partial charge in [-0.05, 0) is 26.7 Å². The molecule has 8 heteroatoms. The maximum absolute atomic E-state index is 12.2. The molecule has 1 aliphatic carbocycles. The first-order chi connectivity index (χ1) is 9.15. The van der Waals surface area contributed by atoms with E-state index < -0.39 is 10.8 Å². The molecular weight excluding hydrogens is 264 g/mol. The summed E-state index contributed by atoms with van der Waals surface area (Å²) in [5.74, 6) is 2.33. The van der Waals surface area contributed by atoms with E-state index in [-0.39, 0.29) is 6.04 Å². The molecule has 1 fully saturated rings. The topological polar surface area (TPSA) is 89.4 Å². The van der Waals surface area contributed by atoms with Crippen LogP contribution in [-0.2, 0) is 16.6 Å². The highest BCUT2D eigenvalue weighted by Gasteiger charge is 2.28. The Balaban J connectivity index is 1.74. The quantitative estimate of drug-likeness (QED) is 0.887. The lowest BCUT2D eigenvalue weighted by Gasteiger charge is -2.07. The zero-order valence-electron chi connectivity index (χ0n) is 10.9. The highest BCUT2D eigenvalue weighted by molar-refractivity contribution is 7.84. The van der Waals surface area contributed by atoms with Gasteiger partial charge in [-0.1, -0.05) is 0 Å². The third kappa shape index (κ3) is 2.58. The van der Waals surface area contributed by atoms with Crippen molar-refractivity contribution in [3.05, 3.63) is 18.0 Å². The van der Waals surface area contributed by atoms with E-state index in [1.54, 1.807) is 4.68 Å². The molecule has 3 rings (SSSR count). The van der Waals surface area contributed by atoms with Crippen molar-refractivity contribution in [3.63, 3.8) is 0 Å². The lowest BCUT2D eigenvalue weighted by Crippen LogP contribution is -2.11. The molecule has 1 aliphatic rings. The van der Waals surface area contributed by atoms with Gasteiger partial charge in [-0.15, -0.1) is 5.10 Å². The normalized spacial score (nSPS) is 17.0. The van der Waals surface area contributed by atoms with Gasteiger partial charge in [0.15, 0.2) is 0 Å². The molecule has 0 aliphatic heterocycles. The van der Waals surface area contributed by atoms with Crippen LogP contribution in [0, 0.1) is 0 Å². The molecule has 1 N–H and O–H groups in total. The number of rotatable bonds is 5. The Labute approximate surface area is 113 Å². The van der Waals surface area contributed by atoms with Crippen molar-refractivity contribution in [3.8, 4) is 0 Å². The molecular formula is C11H16N6OS. The second-order valence-electron chi connectivity index (χ2n) is 4.98. The minimum atomic E-state index is -1.28. The fourth-order valence-corrected chi connectivity index (χ4v) is 2.81. The van der Waals surface area contributed by atoms with E-state index in [4.69, 9.17) is 0 Å². The molecule has 0 saturated heterocycles. The van der Waals surface area contributed by atoms with Gasteiger partial charge >= 0.3 is 0 Å². The molecule has 1 unspecified atom stereocenters. The third-order valence-corrected chi connectivity index (χ3v) is 4.16. The molecule has 2 aromatic rings. The number of nitrogens with one attached hydrogen (secondary N) is 1. The van der Waals surface area contributed by atoms with Gasteiger partial charge in [-0.2, -0.15) is 5.10 Å². The molecule has 2 heterocycles. The summed E-state index contributed by atoms with van der Waals surface area (Å²) < 4.78 is 14.0. The Morgan fingerprint density at radius 3 is 3.00 bits per heavy atom. The monoisotopic (exact) mass is 280 g/mol. The van der Waals surface area contributed by atoms with Crippen LogP contribution in [0.15, 0.2) is 11.5 Å². The first kappa shape index (κ1) is 12.5. The van der Waals surface area contributed by atoms with Crippen LogP contribution in [-0.4, -0.2) is 34.2 Å². The van der Waals surface area contributed by atoms with Crippen LogP contribution < -0.4 is 0 Å². The van der Waals surface area contributed by atoms with Crippen molar-refractivity contribution < 1.29 is 4.21 Å². The SMILES string of the molecule is CC(C)n1ncnc1CS(=O)c1n[nH]c(C2CC2)n1. The summed E-state index contributed by atoms with van der Waals surface area (Å²) in [5.41, 5.74) is 0. The molecule has 1 atom stereocenters. The number of H-pyrrole nitrogens is 1. The number of hydrogen-bond donors (Lipinski definition) is 1. The largest absolute Gasteiger partial charge is 0.262 e. The number of aromatic amines is 1. The van der Waals surface area contributed by atoms with Gasteiger partial charge < -0.3 is 0 Å². The number of nitrogens with zero attached hydrogens (tertiary/aromatic N) is 5.